The maximum absolute atomic E-state index is 5.93. The van der Waals surface area contributed by atoms with Gasteiger partial charge in [0.15, 0.2) is 0 Å². The Balaban J connectivity index is 1.63. The summed E-state index contributed by atoms with van der Waals surface area (Å²) >= 11 is 0. The maximum Gasteiger partial charge on any atom is 0.0940 e. The van der Waals surface area contributed by atoms with Gasteiger partial charge in [-0.25, -0.2) is 0 Å². The number of rotatable bonds is 5. The lowest BCUT2D eigenvalue weighted by Crippen LogP contribution is -2.51. The Hall–Kier alpha value is -0.910. The van der Waals surface area contributed by atoms with E-state index in [4.69, 9.17) is 9.47 Å². The first-order valence-electron chi connectivity index (χ1n) is 6.49. The molecule has 1 unspecified atom stereocenters. The molecule has 2 heterocycles. The fraction of sp³-hybridized carbons (Fsp3) is 0.769. The summed E-state index contributed by atoms with van der Waals surface area (Å²) in [6.45, 7) is 7.34. The molecular formula is C13H23N3O2. The number of morpholine rings is 1. The lowest BCUT2D eigenvalue weighted by Gasteiger charge is -2.36. The molecule has 1 aromatic heterocycles. The second-order valence-corrected chi connectivity index (χ2v) is 5.48. The molecule has 0 amide bonds. The Morgan fingerprint density at radius 1 is 1.61 bits per heavy atom. The Bertz CT molecular complexity index is 376. The van der Waals surface area contributed by atoms with Gasteiger partial charge in [0.1, 0.15) is 0 Å². The van der Waals surface area contributed by atoms with Crippen LogP contribution < -0.4 is 5.32 Å². The number of aryl methyl sites for hydroxylation is 1. The number of hydrogen-bond donors (Lipinski definition) is 1. The Kier molecular flexibility index (Phi) is 4.37. The third-order valence-electron chi connectivity index (χ3n) is 3.01. The van der Waals surface area contributed by atoms with E-state index < -0.39 is 0 Å². The number of nitrogens with zero attached hydrogens (tertiary/aromatic N) is 2. The van der Waals surface area contributed by atoms with E-state index in [1.165, 1.54) is 5.56 Å². The summed E-state index contributed by atoms with van der Waals surface area (Å²) in [5, 5.41) is 7.50. The third-order valence-corrected chi connectivity index (χ3v) is 3.01. The second kappa shape index (κ2) is 5.82. The van der Waals surface area contributed by atoms with Gasteiger partial charge in [0.2, 0.25) is 0 Å². The lowest BCUT2D eigenvalue weighted by atomic mass is 10.1. The Labute approximate surface area is 108 Å². The third kappa shape index (κ3) is 4.08. The zero-order chi connectivity index (χ0) is 13.0. The highest BCUT2D eigenvalue weighted by atomic mass is 16.5. The van der Waals surface area contributed by atoms with Crippen LogP contribution in [0, 0.1) is 0 Å². The summed E-state index contributed by atoms with van der Waals surface area (Å²) in [6.07, 6.45) is 4.95. The molecule has 1 aromatic rings. The molecular weight excluding hydrogens is 230 g/mol. The molecule has 1 saturated heterocycles. The molecule has 102 valence electrons. The molecule has 2 rings (SSSR count). The first-order valence-corrected chi connectivity index (χ1v) is 6.49. The minimum atomic E-state index is -0.0877. The largest absolute Gasteiger partial charge is 0.378 e. The molecule has 0 spiro atoms. The molecule has 0 aliphatic carbocycles. The standard InChI is InChI=1S/C13H23N3O2/c1-13(2)10-14-7-12(18-13)9-17-5-4-11-6-15-16(3)8-11/h6,8,12,14H,4-5,7,9-10H2,1-3H3. The van der Waals surface area contributed by atoms with E-state index in [-0.39, 0.29) is 11.7 Å². The highest BCUT2D eigenvalue weighted by Gasteiger charge is 2.28. The number of aromatic nitrogens is 2. The van der Waals surface area contributed by atoms with Crippen molar-refractivity contribution in [2.75, 3.05) is 26.3 Å². The molecule has 1 N–H and O–H groups in total. The second-order valence-electron chi connectivity index (χ2n) is 5.48. The molecule has 1 aliphatic heterocycles. The highest BCUT2D eigenvalue weighted by Crippen LogP contribution is 2.15. The quantitative estimate of drug-likeness (QED) is 0.787. The van der Waals surface area contributed by atoms with Crippen molar-refractivity contribution in [3.8, 4) is 0 Å². The highest BCUT2D eigenvalue weighted by molar-refractivity contribution is 5.03. The molecule has 5 heteroatoms. The lowest BCUT2D eigenvalue weighted by molar-refractivity contribution is -0.119. The van der Waals surface area contributed by atoms with Gasteiger partial charge in [0.25, 0.3) is 0 Å². The predicted molar refractivity (Wildman–Crippen MR) is 69.6 cm³/mol. The van der Waals surface area contributed by atoms with Gasteiger partial charge in [0.05, 0.1) is 31.1 Å². The summed E-state index contributed by atoms with van der Waals surface area (Å²) < 4.78 is 13.4. The smallest absolute Gasteiger partial charge is 0.0940 e. The van der Waals surface area contributed by atoms with Crippen LogP contribution in [0.3, 0.4) is 0 Å². The van der Waals surface area contributed by atoms with Crippen LogP contribution in [0.4, 0.5) is 0 Å². The van der Waals surface area contributed by atoms with Crippen LogP contribution in [-0.4, -0.2) is 47.8 Å². The van der Waals surface area contributed by atoms with E-state index in [2.05, 4.69) is 24.3 Å². The first-order chi connectivity index (χ1) is 8.55. The first kappa shape index (κ1) is 13.5. The normalized spacial score (nSPS) is 23.2. The minimum absolute atomic E-state index is 0.0877. The number of ether oxygens (including phenoxy) is 2. The van der Waals surface area contributed by atoms with Crippen molar-refractivity contribution in [1.82, 2.24) is 15.1 Å². The van der Waals surface area contributed by atoms with Crippen molar-refractivity contribution in [2.45, 2.75) is 32.0 Å². The van der Waals surface area contributed by atoms with Crippen molar-refractivity contribution < 1.29 is 9.47 Å². The minimum Gasteiger partial charge on any atom is -0.378 e. The molecule has 0 saturated carbocycles. The fourth-order valence-electron chi connectivity index (χ4n) is 2.17. The average molecular weight is 253 g/mol. The molecule has 0 radical (unpaired) electrons. The number of nitrogens with one attached hydrogen (secondary N) is 1. The van der Waals surface area contributed by atoms with E-state index in [1.807, 2.05) is 24.1 Å². The van der Waals surface area contributed by atoms with E-state index >= 15 is 0 Å². The van der Waals surface area contributed by atoms with Crippen LogP contribution in [0.1, 0.15) is 19.4 Å². The van der Waals surface area contributed by atoms with Crippen LogP contribution >= 0.6 is 0 Å². The summed E-state index contributed by atoms with van der Waals surface area (Å²) in [5.41, 5.74) is 1.12. The predicted octanol–water partition coefficient (Wildman–Crippen LogP) is 0.746. The van der Waals surface area contributed by atoms with Crippen LogP contribution in [0.2, 0.25) is 0 Å². The fourth-order valence-corrected chi connectivity index (χ4v) is 2.17. The van der Waals surface area contributed by atoms with Gasteiger partial charge in [-0.1, -0.05) is 0 Å². The van der Waals surface area contributed by atoms with Crippen molar-refractivity contribution >= 4 is 0 Å². The molecule has 1 fully saturated rings. The maximum atomic E-state index is 5.93. The van der Waals surface area contributed by atoms with Crippen molar-refractivity contribution in [2.24, 2.45) is 7.05 Å². The van der Waals surface area contributed by atoms with Gasteiger partial charge in [-0.2, -0.15) is 5.10 Å². The van der Waals surface area contributed by atoms with Crippen molar-refractivity contribution in [3.63, 3.8) is 0 Å². The molecule has 1 atom stereocenters. The van der Waals surface area contributed by atoms with E-state index in [0.29, 0.717) is 13.2 Å². The molecule has 1 aliphatic rings. The van der Waals surface area contributed by atoms with Gasteiger partial charge in [-0.3, -0.25) is 4.68 Å². The van der Waals surface area contributed by atoms with Gasteiger partial charge in [-0.05, 0) is 25.8 Å². The van der Waals surface area contributed by atoms with E-state index in [0.717, 1.165) is 19.5 Å². The Morgan fingerprint density at radius 3 is 3.11 bits per heavy atom. The number of hydrogen-bond acceptors (Lipinski definition) is 4. The van der Waals surface area contributed by atoms with Gasteiger partial charge >= 0.3 is 0 Å². The van der Waals surface area contributed by atoms with Crippen molar-refractivity contribution in [3.05, 3.63) is 18.0 Å². The summed E-state index contributed by atoms with van der Waals surface area (Å²) in [7, 11) is 1.92. The summed E-state index contributed by atoms with van der Waals surface area (Å²) in [4.78, 5) is 0. The summed E-state index contributed by atoms with van der Waals surface area (Å²) in [5.74, 6) is 0. The zero-order valence-corrected chi connectivity index (χ0v) is 11.5. The topological polar surface area (TPSA) is 48.3 Å². The summed E-state index contributed by atoms with van der Waals surface area (Å²) in [6, 6.07) is 0. The van der Waals surface area contributed by atoms with Gasteiger partial charge in [0, 0.05) is 26.3 Å². The van der Waals surface area contributed by atoms with Crippen LogP contribution in [0.15, 0.2) is 12.4 Å². The van der Waals surface area contributed by atoms with E-state index in [1.54, 1.807) is 0 Å². The average Bonchev–Trinajstić information content (AvgIpc) is 2.69. The van der Waals surface area contributed by atoms with Gasteiger partial charge < -0.3 is 14.8 Å². The van der Waals surface area contributed by atoms with Crippen molar-refractivity contribution in [1.29, 1.82) is 0 Å². The monoisotopic (exact) mass is 253 g/mol. The van der Waals surface area contributed by atoms with Crippen LogP contribution in [0.25, 0.3) is 0 Å². The molecule has 5 nitrogen and oxygen atoms in total. The SMILES string of the molecule is Cn1cc(CCOCC2CNCC(C)(C)O2)cn1. The van der Waals surface area contributed by atoms with Crippen LogP contribution in [0.5, 0.6) is 0 Å². The molecule has 0 bridgehead atoms. The molecule has 0 aromatic carbocycles. The van der Waals surface area contributed by atoms with E-state index in [9.17, 15) is 0 Å². The van der Waals surface area contributed by atoms with Crippen LogP contribution in [-0.2, 0) is 22.9 Å². The van der Waals surface area contributed by atoms with Gasteiger partial charge in [-0.15, -0.1) is 0 Å². The Morgan fingerprint density at radius 2 is 2.44 bits per heavy atom. The zero-order valence-electron chi connectivity index (χ0n) is 11.5. The molecule has 18 heavy (non-hydrogen) atoms.